The SMILES string of the molecule is CCOC(=O)c1ccc(C)c(NC(=O)C2CCCN(S(=O)(=O)CC)C2)c1. The maximum absolute atomic E-state index is 12.6. The second-order valence-electron chi connectivity index (χ2n) is 6.34. The summed E-state index contributed by atoms with van der Waals surface area (Å²) in [6.07, 6.45) is 1.29. The van der Waals surface area contributed by atoms with Crippen molar-refractivity contribution in [1.82, 2.24) is 4.31 Å². The molecule has 0 radical (unpaired) electrons. The highest BCUT2D eigenvalue weighted by Gasteiger charge is 2.31. The Kier molecular flexibility index (Phi) is 6.77. The zero-order chi connectivity index (χ0) is 19.3. The van der Waals surface area contributed by atoms with E-state index in [4.69, 9.17) is 4.74 Å². The molecule has 2 rings (SSSR count). The second kappa shape index (κ2) is 8.64. The van der Waals surface area contributed by atoms with E-state index in [9.17, 15) is 18.0 Å². The van der Waals surface area contributed by atoms with Gasteiger partial charge in [-0.15, -0.1) is 0 Å². The number of hydrogen-bond donors (Lipinski definition) is 1. The van der Waals surface area contributed by atoms with Crippen LogP contribution in [0.25, 0.3) is 0 Å². The van der Waals surface area contributed by atoms with Gasteiger partial charge in [-0.1, -0.05) is 6.07 Å². The number of rotatable bonds is 6. The molecule has 1 unspecified atom stereocenters. The first-order chi connectivity index (χ1) is 12.3. The number of nitrogens with zero attached hydrogens (tertiary/aromatic N) is 1. The molecule has 1 aromatic carbocycles. The van der Waals surface area contributed by atoms with E-state index >= 15 is 0 Å². The van der Waals surface area contributed by atoms with E-state index < -0.39 is 21.9 Å². The number of carbonyl (C=O) groups is 2. The third-order valence-corrected chi connectivity index (χ3v) is 6.37. The summed E-state index contributed by atoms with van der Waals surface area (Å²) in [6, 6.07) is 4.99. The molecule has 1 N–H and O–H groups in total. The normalized spacial score (nSPS) is 18.3. The fraction of sp³-hybridized carbons (Fsp3) is 0.556. The molecule has 0 aliphatic carbocycles. The van der Waals surface area contributed by atoms with Gasteiger partial charge in [0.15, 0.2) is 0 Å². The van der Waals surface area contributed by atoms with Crippen molar-refractivity contribution in [2.75, 3.05) is 30.8 Å². The monoisotopic (exact) mass is 382 g/mol. The first-order valence-electron chi connectivity index (χ1n) is 8.85. The molecular formula is C18H26N2O5S. The molecule has 8 heteroatoms. The Hall–Kier alpha value is -1.93. The summed E-state index contributed by atoms with van der Waals surface area (Å²) in [5.41, 5.74) is 1.72. The Morgan fingerprint density at radius 1 is 1.31 bits per heavy atom. The number of aryl methyl sites for hydroxylation is 1. The van der Waals surface area contributed by atoms with Gasteiger partial charge in [0.2, 0.25) is 15.9 Å². The van der Waals surface area contributed by atoms with Crippen molar-refractivity contribution >= 4 is 27.6 Å². The summed E-state index contributed by atoms with van der Waals surface area (Å²) in [6.45, 7) is 6.09. The van der Waals surface area contributed by atoms with E-state index in [0.29, 0.717) is 30.6 Å². The number of ether oxygens (including phenoxy) is 1. The number of anilines is 1. The summed E-state index contributed by atoms with van der Waals surface area (Å²) < 4.78 is 30.5. The van der Waals surface area contributed by atoms with Crippen LogP contribution in [0.2, 0.25) is 0 Å². The zero-order valence-corrected chi connectivity index (χ0v) is 16.3. The largest absolute Gasteiger partial charge is 0.462 e. The third-order valence-electron chi connectivity index (χ3n) is 4.52. The summed E-state index contributed by atoms with van der Waals surface area (Å²) in [5.74, 6) is -1.05. The second-order valence-corrected chi connectivity index (χ2v) is 8.59. The smallest absolute Gasteiger partial charge is 0.338 e. The van der Waals surface area contributed by atoms with Gasteiger partial charge in [0.1, 0.15) is 0 Å². The average molecular weight is 382 g/mol. The Labute approximate surface area is 154 Å². The summed E-state index contributed by atoms with van der Waals surface area (Å²) in [7, 11) is -3.30. The van der Waals surface area contributed by atoms with Crippen LogP contribution in [0.1, 0.15) is 42.6 Å². The van der Waals surface area contributed by atoms with Crippen molar-refractivity contribution in [2.24, 2.45) is 5.92 Å². The number of piperidine rings is 1. The van der Waals surface area contributed by atoms with Gasteiger partial charge < -0.3 is 10.1 Å². The molecule has 144 valence electrons. The van der Waals surface area contributed by atoms with Crippen LogP contribution in [0.4, 0.5) is 5.69 Å². The molecule has 1 aromatic rings. The maximum Gasteiger partial charge on any atom is 0.338 e. The van der Waals surface area contributed by atoms with Crippen LogP contribution < -0.4 is 5.32 Å². The van der Waals surface area contributed by atoms with E-state index in [1.165, 1.54) is 4.31 Å². The molecule has 0 aromatic heterocycles. The highest BCUT2D eigenvalue weighted by Crippen LogP contribution is 2.23. The van der Waals surface area contributed by atoms with E-state index in [1.807, 2.05) is 6.92 Å². The molecule has 1 fully saturated rings. The van der Waals surface area contributed by atoms with Crippen molar-refractivity contribution in [3.63, 3.8) is 0 Å². The number of hydrogen-bond acceptors (Lipinski definition) is 5. The fourth-order valence-corrected chi connectivity index (χ4v) is 4.10. The van der Waals surface area contributed by atoms with Gasteiger partial charge in [-0.3, -0.25) is 4.79 Å². The number of benzene rings is 1. The highest BCUT2D eigenvalue weighted by atomic mass is 32.2. The van der Waals surface area contributed by atoms with Gasteiger partial charge >= 0.3 is 5.97 Å². The van der Waals surface area contributed by atoms with Gasteiger partial charge in [0, 0.05) is 18.8 Å². The number of esters is 1. The van der Waals surface area contributed by atoms with Crippen LogP contribution in [0.15, 0.2) is 18.2 Å². The van der Waals surface area contributed by atoms with Crippen LogP contribution in [-0.2, 0) is 19.6 Å². The predicted octanol–water partition coefficient (Wildman–Crippen LogP) is 2.17. The summed E-state index contributed by atoms with van der Waals surface area (Å²) in [4.78, 5) is 24.5. The van der Waals surface area contributed by atoms with Crippen molar-refractivity contribution in [2.45, 2.75) is 33.6 Å². The van der Waals surface area contributed by atoms with E-state index in [0.717, 1.165) is 5.56 Å². The minimum absolute atomic E-state index is 0.0298. The lowest BCUT2D eigenvalue weighted by Gasteiger charge is -2.31. The Morgan fingerprint density at radius 3 is 2.69 bits per heavy atom. The van der Waals surface area contributed by atoms with Crippen LogP contribution in [0, 0.1) is 12.8 Å². The molecule has 1 aliphatic rings. The Morgan fingerprint density at radius 2 is 2.04 bits per heavy atom. The molecule has 0 saturated carbocycles. The van der Waals surface area contributed by atoms with Gasteiger partial charge in [0.25, 0.3) is 0 Å². The third kappa shape index (κ3) is 4.82. The Bertz CT molecular complexity index is 776. The van der Waals surface area contributed by atoms with E-state index in [2.05, 4.69) is 5.32 Å². The Balaban J connectivity index is 2.12. The number of sulfonamides is 1. The topological polar surface area (TPSA) is 92.8 Å². The lowest BCUT2D eigenvalue weighted by Crippen LogP contribution is -2.44. The van der Waals surface area contributed by atoms with Gasteiger partial charge in [0.05, 0.1) is 23.8 Å². The van der Waals surface area contributed by atoms with Crippen molar-refractivity contribution in [1.29, 1.82) is 0 Å². The average Bonchev–Trinajstić information content (AvgIpc) is 2.63. The maximum atomic E-state index is 12.6. The first kappa shape index (κ1) is 20.4. The molecule has 0 bridgehead atoms. The molecule has 26 heavy (non-hydrogen) atoms. The number of amides is 1. The number of carbonyl (C=O) groups excluding carboxylic acids is 2. The molecule has 1 saturated heterocycles. The quantitative estimate of drug-likeness (QED) is 0.761. The van der Waals surface area contributed by atoms with E-state index in [1.54, 1.807) is 32.0 Å². The van der Waals surface area contributed by atoms with Crippen molar-refractivity contribution in [3.8, 4) is 0 Å². The molecule has 1 atom stereocenters. The fourth-order valence-electron chi connectivity index (χ4n) is 2.92. The van der Waals surface area contributed by atoms with Crippen molar-refractivity contribution in [3.05, 3.63) is 29.3 Å². The number of nitrogens with one attached hydrogen (secondary N) is 1. The molecule has 1 heterocycles. The van der Waals surface area contributed by atoms with Gasteiger partial charge in [-0.2, -0.15) is 0 Å². The molecule has 1 amide bonds. The van der Waals surface area contributed by atoms with Gasteiger partial charge in [-0.25, -0.2) is 17.5 Å². The van der Waals surface area contributed by atoms with Gasteiger partial charge in [-0.05, 0) is 51.3 Å². The predicted molar refractivity (Wildman–Crippen MR) is 99.5 cm³/mol. The molecule has 1 aliphatic heterocycles. The lowest BCUT2D eigenvalue weighted by molar-refractivity contribution is -0.120. The standard InChI is InChI=1S/C18H26N2O5S/c1-4-25-18(22)14-9-8-13(3)16(11-14)19-17(21)15-7-6-10-20(12-15)26(23,24)5-2/h8-9,11,15H,4-7,10,12H2,1-3H3,(H,19,21). The van der Waals surface area contributed by atoms with Crippen molar-refractivity contribution < 1.29 is 22.7 Å². The zero-order valence-electron chi connectivity index (χ0n) is 15.4. The molecule has 0 spiro atoms. The molecule has 7 nitrogen and oxygen atoms in total. The summed E-state index contributed by atoms with van der Waals surface area (Å²) in [5, 5.41) is 2.84. The first-order valence-corrected chi connectivity index (χ1v) is 10.5. The van der Waals surface area contributed by atoms with Crippen LogP contribution >= 0.6 is 0 Å². The lowest BCUT2D eigenvalue weighted by atomic mass is 9.98. The van der Waals surface area contributed by atoms with Crippen LogP contribution in [0.5, 0.6) is 0 Å². The summed E-state index contributed by atoms with van der Waals surface area (Å²) >= 11 is 0. The highest BCUT2D eigenvalue weighted by molar-refractivity contribution is 7.89. The van der Waals surface area contributed by atoms with Crippen LogP contribution in [0.3, 0.4) is 0 Å². The molecular weight excluding hydrogens is 356 g/mol. The van der Waals surface area contributed by atoms with E-state index in [-0.39, 0.29) is 24.8 Å². The minimum Gasteiger partial charge on any atom is -0.462 e. The minimum atomic E-state index is -3.30. The van der Waals surface area contributed by atoms with Crippen LogP contribution in [-0.4, -0.2) is 50.0 Å².